The van der Waals surface area contributed by atoms with Crippen molar-refractivity contribution in [2.24, 2.45) is 5.73 Å². The molecule has 5 N–H and O–H groups in total. The van der Waals surface area contributed by atoms with Crippen molar-refractivity contribution in [3.63, 3.8) is 0 Å². The Kier molecular flexibility index (Phi) is 4.07. The van der Waals surface area contributed by atoms with Gasteiger partial charge in [-0.15, -0.1) is 0 Å². The topological polar surface area (TPSA) is 125 Å². The Hall–Kier alpha value is -3.09. The van der Waals surface area contributed by atoms with Crippen LogP contribution in [0.25, 0.3) is 0 Å². The van der Waals surface area contributed by atoms with Crippen molar-refractivity contribution in [1.82, 2.24) is 4.98 Å². The zero-order valence-corrected chi connectivity index (χ0v) is 12.9. The average molecular weight is 327 g/mol. The number of nitrogens with two attached hydrogens (primary N) is 1. The largest absolute Gasteiger partial charge is 0.507 e. The number of benzene rings is 1. The third-order valence-electron chi connectivity index (χ3n) is 4.15. The summed E-state index contributed by atoms with van der Waals surface area (Å²) in [5, 5.41) is 12.8. The Morgan fingerprint density at radius 1 is 1.17 bits per heavy atom. The van der Waals surface area contributed by atoms with E-state index in [9.17, 15) is 19.5 Å². The minimum Gasteiger partial charge on any atom is -0.507 e. The molecule has 2 amide bonds. The molecular formula is C17H17N3O4. The van der Waals surface area contributed by atoms with E-state index in [1.807, 2.05) is 0 Å². The highest BCUT2D eigenvalue weighted by molar-refractivity contribution is 6.09. The second-order valence-electron chi connectivity index (χ2n) is 5.71. The predicted molar refractivity (Wildman–Crippen MR) is 88.3 cm³/mol. The van der Waals surface area contributed by atoms with Crippen LogP contribution in [0, 0.1) is 0 Å². The number of primary amides is 1. The molecule has 24 heavy (non-hydrogen) atoms. The predicted octanol–water partition coefficient (Wildman–Crippen LogP) is 1.31. The Bertz CT molecular complexity index is 886. The Labute approximate surface area is 137 Å². The summed E-state index contributed by atoms with van der Waals surface area (Å²) in [6, 6.07) is 6.20. The number of pyridine rings is 1. The highest BCUT2D eigenvalue weighted by Crippen LogP contribution is 2.29. The standard InChI is InChI=1S/C17H17N3O4/c18-15(22)10-6-2-4-8-12(10)20-17(24)13-14(21)9-5-1-3-7-11(9)19-16(13)23/h2,4,6,8H,1,3,5,7H2,(H2,18,22)(H,20,24)(H2,19,21,23). The normalized spacial score (nSPS) is 13.2. The van der Waals surface area contributed by atoms with Gasteiger partial charge in [0.2, 0.25) is 0 Å². The van der Waals surface area contributed by atoms with Crippen molar-refractivity contribution in [3.8, 4) is 5.75 Å². The van der Waals surface area contributed by atoms with Crippen LogP contribution in [0.5, 0.6) is 5.75 Å². The number of carbonyl (C=O) groups excluding carboxylic acids is 2. The lowest BCUT2D eigenvalue weighted by Crippen LogP contribution is -2.27. The third kappa shape index (κ3) is 2.76. The Morgan fingerprint density at radius 3 is 2.62 bits per heavy atom. The van der Waals surface area contributed by atoms with Crippen LogP contribution >= 0.6 is 0 Å². The molecule has 1 aliphatic carbocycles. The number of aromatic hydroxyl groups is 1. The highest BCUT2D eigenvalue weighted by Gasteiger charge is 2.24. The molecule has 0 saturated heterocycles. The number of nitrogens with one attached hydrogen (secondary N) is 2. The van der Waals surface area contributed by atoms with E-state index in [0.717, 1.165) is 12.8 Å². The number of para-hydroxylation sites is 1. The van der Waals surface area contributed by atoms with Gasteiger partial charge in [0.1, 0.15) is 11.3 Å². The lowest BCUT2D eigenvalue weighted by Gasteiger charge is -2.18. The number of hydrogen-bond donors (Lipinski definition) is 4. The third-order valence-corrected chi connectivity index (χ3v) is 4.15. The van der Waals surface area contributed by atoms with Gasteiger partial charge in [-0.25, -0.2) is 0 Å². The van der Waals surface area contributed by atoms with E-state index in [1.54, 1.807) is 12.1 Å². The van der Waals surface area contributed by atoms with Gasteiger partial charge in [-0.3, -0.25) is 14.4 Å². The van der Waals surface area contributed by atoms with E-state index in [2.05, 4.69) is 10.3 Å². The van der Waals surface area contributed by atoms with E-state index in [1.165, 1.54) is 12.1 Å². The molecular weight excluding hydrogens is 310 g/mol. The molecule has 0 aliphatic heterocycles. The van der Waals surface area contributed by atoms with Crippen molar-refractivity contribution in [2.75, 3.05) is 5.32 Å². The van der Waals surface area contributed by atoms with Gasteiger partial charge in [-0.2, -0.15) is 0 Å². The summed E-state index contributed by atoms with van der Waals surface area (Å²) in [5.74, 6) is -1.77. The number of aromatic nitrogens is 1. The molecule has 7 heteroatoms. The summed E-state index contributed by atoms with van der Waals surface area (Å²) in [5.41, 5.74) is 5.87. The number of amides is 2. The van der Waals surface area contributed by atoms with Crippen LogP contribution in [0.15, 0.2) is 29.1 Å². The fraction of sp³-hybridized carbons (Fsp3) is 0.235. The van der Waals surface area contributed by atoms with E-state index in [-0.39, 0.29) is 22.6 Å². The molecule has 1 heterocycles. The van der Waals surface area contributed by atoms with Crippen LogP contribution in [-0.2, 0) is 12.8 Å². The maximum absolute atomic E-state index is 12.5. The first-order valence-corrected chi connectivity index (χ1v) is 7.66. The van der Waals surface area contributed by atoms with Crippen molar-refractivity contribution in [1.29, 1.82) is 0 Å². The molecule has 0 unspecified atom stereocenters. The molecule has 2 aromatic rings. The smallest absolute Gasteiger partial charge is 0.265 e. The van der Waals surface area contributed by atoms with Crippen LogP contribution in [-0.4, -0.2) is 21.9 Å². The zero-order chi connectivity index (χ0) is 17.3. The Morgan fingerprint density at radius 2 is 1.88 bits per heavy atom. The maximum Gasteiger partial charge on any atom is 0.265 e. The number of H-pyrrole nitrogens is 1. The minimum absolute atomic E-state index is 0.125. The van der Waals surface area contributed by atoms with Gasteiger partial charge in [-0.05, 0) is 37.8 Å². The van der Waals surface area contributed by atoms with Gasteiger partial charge in [-0.1, -0.05) is 12.1 Å². The van der Waals surface area contributed by atoms with Crippen LogP contribution < -0.4 is 16.6 Å². The SMILES string of the molecule is NC(=O)c1ccccc1NC(=O)c1c(O)c2c([nH]c1=O)CCCC2. The van der Waals surface area contributed by atoms with Gasteiger partial charge in [0.05, 0.1) is 11.3 Å². The summed E-state index contributed by atoms with van der Waals surface area (Å²) in [6.07, 6.45) is 3.10. The number of aromatic amines is 1. The summed E-state index contributed by atoms with van der Waals surface area (Å²) >= 11 is 0. The quantitative estimate of drug-likeness (QED) is 0.678. The van der Waals surface area contributed by atoms with E-state index >= 15 is 0 Å². The number of rotatable bonds is 3. The fourth-order valence-electron chi connectivity index (χ4n) is 2.97. The van der Waals surface area contributed by atoms with Gasteiger partial charge in [0, 0.05) is 11.3 Å². The molecule has 1 aliphatic rings. The first-order valence-electron chi connectivity index (χ1n) is 7.66. The lowest BCUT2D eigenvalue weighted by molar-refractivity contribution is 0.100. The van der Waals surface area contributed by atoms with Crippen LogP contribution in [0.2, 0.25) is 0 Å². The van der Waals surface area contributed by atoms with Crippen molar-refractivity contribution in [3.05, 3.63) is 57.0 Å². The fourth-order valence-corrected chi connectivity index (χ4v) is 2.97. The summed E-state index contributed by atoms with van der Waals surface area (Å²) < 4.78 is 0. The van der Waals surface area contributed by atoms with Crippen molar-refractivity contribution < 1.29 is 14.7 Å². The van der Waals surface area contributed by atoms with E-state index in [4.69, 9.17) is 5.73 Å². The molecule has 1 aromatic heterocycles. The highest BCUT2D eigenvalue weighted by atomic mass is 16.3. The number of anilines is 1. The number of fused-ring (bicyclic) bond motifs is 1. The zero-order valence-electron chi connectivity index (χ0n) is 12.9. The van der Waals surface area contributed by atoms with E-state index < -0.39 is 17.4 Å². The maximum atomic E-state index is 12.5. The van der Waals surface area contributed by atoms with Crippen molar-refractivity contribution in [2.45, 2.75) is 25.7 Å². The van der Waals surface area contributed by atoms with Gasteiger partial charge < -0.3 is 21.1 Å². The molecule has 0 saturated carbocycles. The van der Waals surface area contributed by atoms with Gasteiger partial charge in [0.25, 0.3) is 17.4 Å². The monoisotopic (exact) mass is 327 g/mol. The minimum atomic E-state index is -0.782. The first kappa shape index (κ1) is 15.8. The molecule has 0 fully saturated rings. The number of carbonyl (C=O) groups is 2. The molecule has 3 rings (SSSR count). The molecule has 1 aromatic carbocycles. The second kappa shape index (κ2) is 6.19. The molecule has 0 spiro atoms. The van der Waals surface area contributed by atoms with Gasteiger partial charge >= 0.3 is 0 Å². The Balaban J connectivity index is 2.00. The first-order chi connectivity index (χ1) is 11.5. The van der Waals surface area contributed by atoms with Gasteiger partial charge in [0.15, 0.2) is 0 Å². The molecule has 0 bridgehead atoms. The second-order valence-corrected chi connectivity index (χ2v) is 5.71. The number of aryl methyl sites for hydroxylation is 1. The summed E-state index contributed by atoms with van der Waals surface area (Å²) in [6.45, 7) is 0. The van der Waals surface area contributed by atoms with Crippen LogP contribution in [0.4, 0.5) is 5.69 Å². The summed E-state index contributed by atoms with van der Waals surface area (Å²) in [7, 11) is 0. The lowest BCUT2D eigenvalue weighted by atomic mass is 9.93. The van der Waals surface area contributed by atoms with Crippen LogP contribution in [0.1, 0.15) is 44.8 Å². The van der Waals surface area contributed by atoms with Crippen LogP contribution in [0.3, 0.4) is 0 Å². The molecule has 124 valence electrons. The molecule has 0 radical (unpaired) electrons. The molecule has 7 nitrogen and oxygen atoms in total. The average Bonchev–Trinajstić information content (AvgIpc) is 2.55. The summed E-state index contributed by atoms with van der Waals surface area (Å²) in [4.78, 5) is 38.8. The van der Waals surface area contributed by atoms with E-state index in [0.29, 0.717) is 24.1 Å². The number of hydrogen-bond acceptors (Lipinski definition) is 4. The molecule has 0 atom stereocenters. The van der Waals surface area contributed by atoms with Crippen molar-refractivity contribution >= 4 is 17.5 Å².